The standard InChI is InChI=1S/C15H23Cl2N/c1-2-3-4-5-6-7-11-18-12-13-14(16)9-8-10-15(13)17/h8-10,18H,2-7,11-12H2,1H3. The second kappa shape index (κ2) is 9.66. The molecule has 0 atom stereocenters. The highest BCUT2D eigenvalue weighted by Crippen LogP contribution is 2.23. The van der Waals surface area contributed by atoms with Crippen LogP contribution >= 0.6 is 23.2 Å². The van der Waals surface area contributed by atoms with Crippen molar-refractivity contribution in [2.45, 2.75) is 52.0 Å². The summed E-state index contributed by atoms with van der Waals surface area (Å²) in [5.74, 6) is 0. The molecule has 0 bridgehead atoms. The number of hydrogen-bond acceptors (Lipinski definition) is 1. The molecule has 3 heteroatoms. The van der Waals surface area contributed by atoms with Crippen LogP contribution in [0, 0.1) is 0 Å². The van der Waals surface area contributed by atoms with E-state index in [1.54, 1.807) is 0 Å². The van der Waals surface area contributed by atoms with Gasteiger partial charge in [0, 0.05) is 22.2 Å². The summed E-state index contributed by atoms with van der Waals surface area (Å²) in [5, 5.41) is 4.90. The van der Waals surface area contributed by atoms with E-state index in [9.17, 15) is 0 Å². The number of hydrogen-bond donors (Lipinski definition) is 1. The minimum absolute atomic E-state index is 0.748. The van der Waals surface area contributed by atoms with Crippen molar-refractivity contribution < 1.29 is 0 Å². The first-order valence-electron chi connectivity index (χ1n) is 6.89. The minimum Gasteiger partial charge on any atom is -0.313 e. The molecule has 18 heavy (non-hydrogen) atoms. The van der Waals surface area contributed by atoms with Crippen molar-refractivity contribution in [2.75, 3.05) is 6.54 Å². The molecule has 0 aliphatic rings. The predicted molar refractivity (Wildman–Crippen MR) is 81.5 cm³/mol. The molecule has 0 radical (unpaired) electrons. The molecule has 0 saturated carbocycles. The Balaban J connectivity index is 2.11. The summed E-state index contributed by atoms with van der Waals surface area (Å²) in [4.78, 5) is 0. The smallest absolute Gasteiger partial charge is 0.0465 e. The van der Waals surface area contributed by atoms with Crippen molar-refractivity contribution in [3.63, 3.8) is 0 Å². The Bertz CT molecular complexity index is 319. The lowest BCUT2D eigenvalue weighted by atomic mass is 10.1. The van der Waals surface area contributed by atoms with Gasteiger partial charge in [-0.1, -0.05) is 68.3 Å². The largest absolute Gasteiger partial charge is 0.313 e. The van der Waals surface area contributed by atoms with Crippen molar-refractivity contribution in [2.24, 2.45) is 0 Å². The van der Waals surface area contributed by atoms with Gasteiger partial charge in [0.1, 0.15) is 0 Å². The summed E-state index contributed by atoms with van der Waals surface area (Å²) in [6, 6.07) is 5.65. The lowest BCUT2D eigenvalue weighted by Crippen LogP contribution is -2.15. The highest BCUT2D eigenvalue weighted by Gasteiger charge is 2.03. The number of rotatable bonds is 9. The van der Waals surface area contributed by atoms with E-state index in [1.165, 1.54) is 38.5 Å². The second-order valence-corrected chi connectivity index (χ2v) is 5.46. The van der Waals surface area contributed by atoms with Crippen LogP contribution in [-0.4, -0.2) is 6.54 Å². The molecule has 1 nitrogen and oxygen atoms in total. The topological polar surface area (TPSA) is 12.0 Å². The van der Waals surface area contributed by atoms with Crippen LogP contribution in [0.15, 0.2) is 18.2 Å². The van der Waals surface area contributed by atoms with Gasteiger partial charge in [-0.2, -0.15) is 0 Å². The first-order valence-corrected chi connectivity index (χ1v) is 7.65. The summed E-state index contributed by atoms with van der Waals surface area (Å²) in [7, 11) is 0. The third-order valence-electron chi connectivity index (χ3n) is 3.07. The molecule has 102 valence electrons. The summed E-state index contributed by atoms with van der Waals surface area (Å²) in [6.45, 7) is 4.04. The molecular weight excluding hydrogens is 265 g/mol. The first kappa shape index (κ1) is 15.8. The molecule has 0 saturated heterocycles. The molecule has 1 N–H and O–H groups in total. The van der Waals surface area contributed by atoms with Crippen molar-refractivity contribution in [3.8, 4) is 0 Å². The average molecular weight is 288 g/mol. The van der Waals surface area contributed by atoms with E-state index in [0.29, 0.717) is 0 Å². The molecule has 0 spiro atoms. The maximum absolute atomic E-state index is 6.10. The highest BCUT2D eigenvalue weighted by atomic mass is 35.5. The van der Waals surface area contributed by atoms with Gasteiger partial charge < -0.3 is 5.32 Å². The van der Waals surface area contributed by atoms with Crippen LogP contribution in [0.2, 0.25) is 10.0 Å². The Morgan fingerprint density at radius 3 is 2.22 bits per heavy atom. The fraction of sp³-hybridized carbons (Fsp3) is 0.600. The normalized spacial score (nSPS) is 10.8. The molecule has 1 rings (SSSR count). The molecule has 1 aromatic rings. The zero-order valence-electron chi connectivity index (χ0n) is 11.1. The van der Waals surface area contributed by atoms with Crippen LogP contribution in [0.4, 0.5) is 0 Å². The molecule has 1 aromatic carbocycles. The SMILES string of the molecule is CCCCCCCCNCc1c(Cl)cccc1Cl. The van der Waals surface area contributed by atoms with Crippen LogP contribution < -0.4 is 5.32 Å². The van der Waals surface area contributed by atoms with E-state index >= 15 is 0 Å². The van der Waals surface area contributed by atoms with Crippen molar-refractivity contribution in [1.29, 1.82) is 0 Å². The van der Waals surface area contributed by atoms with Gasteiger partial charge in [0.05, 0.1) is 0 Å². The molecule has 0 aliphatic heterocycles. The summed E-state index contributed by atoms with van der Waals surface area (Å²) >= 11 is 12.2. The average Bonchev–Trinajstić information content (AvgIpc) is 2.35. The van der Waals surface area contributed by atoms with Crippen molar-refractivity contribution in [1.82, 2.24) is 5.32 Å². The number of unbranched alkanes of at least 4 members (excludes halogenated alkanes) is 5. The fourth-order valence-electron chi connectivity index (χ4n) is 1.94. The lowest BCUT2D eigenvalue weighted by Gasteiger charge is -2.08. The quantitative estimate of drug-likeness (QED) is 0.596. The monoisotopic (exact) mass is 287 g/mol. The molecule has 0 amide bonds. The van der Waals surface area contributed by atoms with Gasteiger partial charge in [-0.05, 0) is 25.1 Å². The van der Waals surface area contributed by atoms with E-state index in [4.69, 9.17) is 23.2 Å². The van der Waals surface area contributed by atoms with E-state index < -0.39 is 0 Å². The molecule has 0 aliphatic carbocycles. The van der Waals surface area contributed by atoms with Gasteiger partial charge in [-0.3, -0.25) is 0 Å². The second-order valence-electron chi connectivity index (χ2n) is 4.64. The zero-order chi connectivity index (χ0) is 13.2. The van der Waals surface area contributed by atoms with Crippen LogP contribution in [0.25, 0.3) is 0 Å². The minimum atomic E-state index is 0.748. The van der Waals surface area contributed by atoms with E-state index in [2.05, 4.69) is 12.2 Å². The van der Waals surface area contributed by atoms with Gasteiger partial charge in [-0.15, -0.1) is 0 Å². The first-order chi connectivity index (χ1) is 8.75. The molecule has 0 aromatic heterocycles. The van der Waals surface area contributed by atoms with Crippen LogP contribution in [0.5, 0.6) is 0 Å². The van der Waals surface area contributed by atoms with Gasteiger partial charge >= 0.3 is 0 Å². The van der Waals surface area contributed by atoms with Gasteiger partial charge in [-0.25, -0.2) is 0 Å². The zero-order valence-corrected chi connectivity index (χ0v) is 12.7. The third-order valence-corrected chi connectivity index (χ3v) is 3.78. The molecule has 0 fully saturated rings. The summed E-state index contributed by atoms with van der Waals surface area (Å²) in [5.41, 5.74) is 1.01. The number of benzene rings is 1. The highest BCUT2D eigenvalue weighted by molar-refractivity contribution is 6.35. The Morgan fingerprint density at radius 1 is 0.944 bits per heavy atom. The van der Waals surface area contributed by atoms with E-state index in [-0.39, 0.29) is 0 Å². The third kappa shape index (κ3) is 6.08. The molecular formula is C15H23Cl2N. The van der Waals surface area contributed by atoms with Crippen molar-refractivity contribution >= 4 is 23.2 Å². The number of nitrogens with one attached hydrogen (secondary N) is 1. The van der Waals surface area contributed by atoms with Crippen LogP contribution in [0.3, 0.4) is 0 Å². The van der Waals surface area contributed by atoms with Crippen LogP contribution in [-0.2, 0) is 6.54 Å². The summed E-state index contributed by atoms with van der Waals surface area (Å²) < 4.78 is 0. The molecule has 0 heterocycles. The van der Waals surface area contributed by atoms with E-state index in [1.807, 2.05) is 18.2 Å². The Labute approximate surface area is 121 Å². The van der Waals surface area contributed by atoms with E-state index in [0.717, 1.165) is 28.7 Å². The molecule has 0 unspecified atom stereocenters. The maximum Gasteiger partial charge on any atom is 0.0465 e. The Kier molecular flexibility index (Phi) is 8.49. The van der Waals surface area contributed by atoms with Gasteiger partial charge in [0.15, 0.2) is 0 Å². The van der Waals surface area contributed by atoms with Crippen molar-refractivity contribution in [3.05, 3.63) is 33.8 Å². The Hall–Kier alpha value is -0.240. The number of halogens is 2. The van der Waals surface area contributed by atoms with Crippen LogP contribution in [0.1, 0.15) is 51.0 Å². The fourth-order valence-corrected chi connectivity index (χ4v) is 2.48. The lowest BCUT2D eigenvalue weighted by molar-refractivity contribution is 0.572. The van der Waals surface area contributed by atoms with Gasteiger partial charge in [0.25, 0.3) is 0 Å². The van der Waals surface area contributed by atoms with Gasteiger partial charge in [0.2, 0.25) is 0 Å². The maximum atomic E-state index is 6.10. The Morgan fingerprint density at radius 2 is 1.56 bits per heavy atom. The summed E-state index contributed by atoms with van der Waals surface area (Å²) in [6.07, 6.45) is 7.93. The predicted octanol–water partition coefficient (Wildman–Crippen LogP) is 5.44.